The van der Waals surface area contributed by atoms with Gasteiger partial charge in [-0.25, -0.2) is 0 Å². The van der Waals surface area contributed by atoms with Crippen molar-refractivity contribution in [2.24, 2.45) is 5.73 Å². The van der Waals surface area contributed by atoms with Crippen LogP contribution in [-0.4, -0.2) is 24.9 Å². The van der Waals surface area contributed by atoms with Crippen molar-refractivity contribution < 1.29 is 0 Å². The van der Waals surface area contributed by atoms with Crippen molar-refractivity contribution >= 4 is 40.0 Å². The SMILES string of the molecule is NC(=S)Nc1cccc(-c2ccc3nnc(-c4cccs4)n3n2)c1. The Balaban J connectivity index is 1.80. The predicted molar refractivity (Wildman–Crippen MR) is 99.9 cm³/mol. The molecule has 3 N–H and O–H groups in total. The van der Waals surface area contributed by atoms with Crippen LogP contribution in [0.1, 0.15) is 0 Å². The summed E-state index contributed by atoms with van der Waals surface area (Å²) in [4.78, 5) is 1.02. The maximum atomic E-state index is 5.53. The fourth-order valence-corrected chi connectivity index (χ4v) is 3.21. The Kier molecular flexibility index (Phi) is 3.68. The number of fused-ring (bicyclic) bond motifs is 1. The number of nitrogens with one attached hydrogen (secondary N) is 1. The summed E-state index contributed by atoms with van der Waals surface area (Å²) in [5.74, 6) is 0.735. The van der Waals surface area contributed by atoms with Gasteiger partial charge >= 0.3 is 0 Å². The van der Waals surface area contributed by atoms with Crippen LogP contribution in [0.2, 0.25) is 0 Å². The third-order valence-corrected chi connectivity index (χ3v) is 4.40. The highest BCUT2D eigenvalue weighted by atomic mass is 32.1. The molecule has 0 unspecified atom stereocenters. The molecule has 0 spiro atoms. The van der Waals surface area contributed by atoms with E-state index in [2.05, 4.69) is 20.6 Å². The molecule has 1 aromatic carbocycles. The molecule has 0 aliphatic rings. The van der Waals surface area contributed by atoms with Crippen molar-refractivity contribution in [3.05, 3.63) is 53.9 Å². The van der Waals surface area contributed by atoms with E-state index < -0.39 is 0 Å². The number of aromatic nitrogens is 4. The van der Waals surface area contributed by atoms with Crippen molar-refractivity contribution in [3.63, 3.8) is 0 Å². The minimum absolute atomic E-state index is 0.231. The number of thiocarbonyl (C=S) groups is 1. The zero-order chi connectivity index (χ0) is 16.5. The van der Waals surface area contributed by atoms with E-state index in [0.29, 0.717) is 5.65 Å². The standard InChI is InChI=1S/C16H12N6S2/c17-16(23)18-11-4-1-3-10(9-11)12-6-7-14-19-20-15(22(14)21-12)13-5-2-8-24-13/h1-9H,(H3,17,18,23). The van der Waals surface area contributed by atoms with Crippen molar-refractivity contribution in [1.29, 1.82) is 0 Å². The molecule has 0 bridgehead atoms. The third kappa shape index (κ3) is 2.72. The highest BCUT2D eigenvalue weighted by molar-refractivity contribution is 7.80. The molecule has 3 heterocycles. The topological polar surface area (TPSA) is 81.1 Å². The first-order valence-electron chi connectivity index (χ1n) is 7.14. The second kappa shape index (κ2) is 5.99. The second-order valence-electron chi connectivity index (χ2n) is 5.06. The second-order valence-corrected chi connectivity index (χ2v) is 6.45. The zero-order valence-electron chi connectivity index (χ0n) is 12.4. The maximum absolute atomic E-state index is 5.53. The lowest BCUT2D eigenvalue weighted by molar-refractivity contribution is 0.944. The number of hydrogen-bond acceptors (Lipinski definition) is 5. The molecule has 0 radical (unpaired) electrons. The van der Waals surface area contributed by atoms with Crippen LogP contribution >= 0.6 is 23.6 Å². The molecule has 0 amide bonds. The van der Waals surface area contributed by atoms with Crippen molar-refractivity contribution in [2.45, 2.75) is 0 Å². The summed E-state index contributed by atoms with van der Waals surface area (Å²) < 4.78 is 1.76. The summed E-state index contributed by atoms with van der Waals surface area (Å²) in [5, 5.41) is 18.3. The Morgan fingerprint density at radius 3 is 2.83 bits per heavy atom. The van der Waals surface area contributed by atoms with Gasteiger partial charge in [-0.3, -0.25) is 0 Å². The number of thiophene rings is 1. The quantitative estimate of drug-likeness (QED) is 0.551. The van der Waals surface area contributed by atoms with Crippen LogP contribution in [0.25, 0.3) is 27.6 Å². The molecular formula is C16H12N6S2. The van der Waals surface area contributed by atoms with E-state index >= 15 is 0 Å². The first-order valence-corrected chi connectivity index (χ1v) is 8.43. The van der Waals surface area contributed by atoms with Gasteiger partial charge in [0, 0.05) is 11.3 Å². The number of nitrogens with zero attached hydrogens (tertiary/aromatic N) is 4. The summed E-state index contributed by atoms with van der Waals surface area (Å²) in [6.45, 7) is 0. The van der Waals surface area contributed by atoms with E-state index in [-0.39, 0.29) is 5.11 Å². The lowest BCUT2D eigenvalue weighted by Crippen LogP contribution is -2.18. The van der Waals surface area contributed by atoms with E-state index in [1.807, 2.05) is 53.9 Å². The summed E-state index contributed by atoms with van der Waals surface area (Å²) >= 11 is 6.49. The first-order chi connectivity index (χ1) is 11.7. The fraction of sp³-hybridized carbons (Fsp3) is 0. The van der Waals surface area contributed by atoms with Crippen LogP contribution in [0.4, 0.5) is 5.69 Å². The fourth-order valence-electron chi connectivity index (χ4n) is 2.40. The molecule has 0 saturated carbocycles. The van der Waals surface area contributed by atoms with E-state index in [4.69, 9.17) is 18.0 Å². The van der Waals surface area contributed by atoms with Gasteiger partial charge in [0.05, 0.1) is 10.6 Å². The van der Waals surface area contributed by atoms with Crippen LogP contribution in [0.3, 0.4) is 0 Å². The van der Waals surface area contributed by atoms with E-state index in [0.717, 1.165) is 27.6 Å². The smallest absolute Gasteiger partial charge is 0.195 e. The Bertz CT molecular complexity index is 1020. The summed E-state index contributed by atoms with van der Waals surface area (Å²) in [7, 11) is 0. The molecular weight excluding hydrogens is 340 g/mol. The molecule has 24 heavy (non-hydrogen) atoms. The molecule has 0 aliphatic heterocycles. The molecule has 0 aliphatic carbocycles. The Hall–Kier alpha value is -2.84. The largest absolute Gasteiger partial charge is 0.376 e. The summed E-state index contributed by atoms with van der Waals surface area (Å²) in [6, 6.07) is 15.6. The number of hydrogen-bond donors (Lipinski definition) is 2. The first kappa shape index (κ1) is 14.7. The van der Waals surface area contributed by atoms with Gasteiger partial charge < -0.3 is 11.1 Å². The van der Waals surface area contributed by atoms with Crippen LogP contribution in [-0.2, 0) is 0 Å². The Morgan fingerprint density at radius 2 is 2.04 bits per heavy atom. The van der Waals surface area contributed by atoms with E-state index in [1.165, 1.54) is 0 Å². The molecule has 3 aromatic heterocycles. The average Bonchev–Trinajstić information content (AvgIpc) is 3.23. The zero-order valence-corrected chi connectivity index (χ0v) is 14.0. The van der Waals surface area contributed by atoms with Gasteiger partial charge in [0.25, 0.3) is 0 Å². The van der Waals surface area contributed by atoms with Gasteiger partial charge in [0.2, 0.25) is 0 Å². The van der Waals surface area contributed by atoms with Gasteiger partial charge in [0.15, 0.2) is 16.6 Å². The molecule has 0 atom stereocenters. The van der Waals surface area contributed by atoms with Gasteiger partial charge in [-0.2, -0.15) is 9.61 Å². The lowest BCUT2D eigenvalue weighted by atomic mass is 10.1. The molecule has 118 valence electrons. The van der Waals surface area contributed by atoms with Crippen molar-refractivity contribution in [1.82, 2.24) is 19.8 Å². The normalized spacial score (nSPS) is 10.8. The molecule has 8 heteroatoms. The average molecular weight is 352 g/mol. The Labute approximate surface area is 147 Å². The van der Waals surface area contributed by atoms with Crippen LogP contribution in [0.5, 0.6) is 0 Å². The number of rotatable bonds is 3. The predicted octanol–water partition coefficient (Wildman–Crippen LogP) is 3.18. The minimum Gasteiger partial charge on any atom is -0.376 e. The third-order valence-electron chi connectivity index (χ3n) is 3.43. The van der Waals surface area contributed by atoms with E-state index in [9.17, 15) is 0 Å². The number of nitrogens with two attached hydrogens (primary N) is 1. The molecule has 4 aromatic rings. The molecule has 6 nitrogen and oxygen atoms in total. The van der Waals surface area contributed by atoms with Crippen LogP contribution in [0.15, 0.2) is 53.9 Å². The highest BCUT2D eigenvalue weighted by Crippen LogP contribution is 2.25. The maximum Gasteiger partial charge on any atom is 0.195 e. The van der Waals surface area contributed by atoms with E-state index in [1.54, 1.807) is 15.9 Å². The monoisotopic (exact) mass is 352 g/mol. The molecule has 0 fully saturated rings. The molecule has 0 saturated heterocycles. The minimum atomic E-state index is 0.231. The van der Waals surface area contributed by atoms with Crippen LogP contribution in [0, 0.1) is 0 Å². The van der Waals surface area contributed by atoms with Crippen molar-refractivity contribution in [3.8, 4) is 22.0 Å². The number of anilines is 1. The van der Waals surface area contributed by atoms with Gasteiger partial charge in [-0.15, -0.1) is 21.5 Å². The number of benzene rings is 1. The van der Waals surface area contributed by atoms with Gasteiger partial charge in [-0.1, -0.05) is 18.2 Å². The van der Waals surface area contributed by atoms with Gasteiger partial charge in [-0.05, 0) is 47.9 Å². The lowest BCUT2D eigenvalue weighted by Gasteiger charge is -2.07. The molecule has 4 rings (SSSR count). The highest BCUT2D eigenvalue weighted by Gasteiger charge is 2.11. The van der Waals surface area contributed by atoms with Crippen molar-refractivity contribution in [2.75, 3.05) is 5.32 Å². The van der Waals surface area contributed by atoms with Crippen LogP contribution < -0.4 is 11.1 Å². The van der Waals surface area contributed by atoms with Gasteiger partial charge in [0.1, 0.15) is 0 Å². The summed E-state index contributed by atoms with van der Waals surface area (Å²) in [5.41, 5.74) is 8.82. The Morgan fingerprint density at radius 1 is 1.12 bits per heavy atom. The summed E-state index contributed by atoms with van der Waals surface area (Å²) in [6.07, 6.45) is 0.